The van der Waals surface area contributed by atoms with Crippen LogP contribution in [0.25, 0.3) is 17.1 Å². The second kappa shape index (κ2) is 11.9. The van der Waals surface area contributed by atoms with Crippen LogP contribution in [0.5, 0.6) is 17.2 Å². The number of carbonyl (C=O) groups excluding carboxylic acids is 1. The number of hydrogen-bond donors (Lipinski definition) is 2. The van der Waals surface area contributed by atoms with E-state index in [4.69, 9.17) is 9.47 Å². The number of hydrazone groups is 1. The van der Waals surface area contributed by atoms with Crippen LogP contribution in [0.4, 0.5) is 0 Å². The number of thioether (sulfide) groups is 1. The fraction of sp³-hybridized carbons (Fsp3) is 0.154. The summed E-state index contributed by atoms with van der Waals surface area (Å²) in [5.74, 6) is 1.43. The maximum atomic E-state index is 12.4. The third-order valence-electron chi connectivity index (χ3n) is 5.05. The maximum Gasteiger partial charge on any atom is 0.250 e. The van der Waals surface area contributed by atoms with Crippen LogP contribution in [0, 0.1) is 0 Å². The van der Waals surface area contributed by atoms with Crippen LogP contribution >= 0.6 is 11.8 Å². The first-order valence-electron chi connectivity index (χ1n) is 11.2. The van der Waals surface area contributed by atoms with Gasteiger partial charge in [0.2, 0.25) is 0 Å². The van der Waals surface area contributed by atoms with Crippen molar-refractivity contribution in [1.82, 2.24) is 20.2 Å². The Bertz CT molecular complexity index is 1340. The Morgan fingerprint density at radius 2 is 1.86 bits per heavy atom. The molecule has 0 aliphatic rings. The Morgan fingerprint density at radius 3 is 2.58 bits per heavy atom. The predicted octanol–water partition coefficient (Wildman–Crippen LogP) is 4.29. The summed E-state index contributed by atoms with van der Waals surface area (Å²) < 4.78 is 12.5. The van der Waals surface area contributed by atoms with Crippen LogP contribution in [0.2, 0.25) is 0 Å². The van der Waals surface area contributed by atoms with Gasteiger partial charge in [-0.1, -0.05) is 48.2 Å². The zero-order valence-corrected chi connectivity index (χ0v) is 20.6. The molecule has 0 radical (unpaired) electrons. The summed E-state index contributed by atoms with van der Waals surface area (Å²) in [5.41, 5.74) is 4.64. The van der Waals surface area contributed by atoms with Gasteiger partial charge < -0.3 is 14.6 Å². The van der Waals surface area contributed by atoms with Crippen molar-refractivity contribution in [2.24, 2.45) is 5.10 Å². The zero-order valence-electron chi connectivity index (χ0n) is 19.8. The number of aromatic nitrogens is 3. The summed E-state index contributed by atoms with van der Waals surface area (Å²) in [6.45, 7) is 2.52. The number of methoxy groups -OCH3 is 1. The lowest BCUT2D eigenvalue weighted by Gasteiger charge is -2.11. The number of phenolic OH excluding ortho intramolecular Hbond substituents is 1. The van der Waals surface area contributed by atoms with Crippen molar-refractivity contribution in [3.05, 3.63) is 78.4 Å². The number of nitrogens with zero attached hydrogens (tertiary/aromatic N) is 4. The molecule has 0 bridgehead atoms. The third-order valence-corrected chi connectivity index (χ3v) is 5.98. The molecule has 36 heavy (non-hydrogen) atoms. The summed E-state index contributed by atoms with van der Waals surface area (Å²) in [4.78, 5) is 12.4. The number of amides is 1. The quantitative estimate of drug-likeness (QED) is 0.189. The van der Waals surface area contributed by atoms with Gasteiger partial charge in [0.25, 0.3) is 5.91 Å². The highest BCUT2D eigenvalue weighted by Crippen LogP contribution is 2.29. The van der Waals surface area contributed by atoms with Gasteiger partial charge >= 0.3 is 0 Å². The summed E-state index contributed by atoms with van der Waals surface area (Å²) in [5, 5.41) is 23.4. The number of para-hydroxylation sites is 1. The van der Waals surface area contributed by atoms with Crippen LogP contribution in [0.1, 0.15) is 12.5 Å². The normalized spacial score (nSPS) is 10.9. The first-order valence-corrected chi connectivity index (χ1v) is 12.1. The average Bonchev–Trinajstić information content (AvgIpc) is 3.33. The molecular formula is C26H25N5O4S. The molecule has 0 atom stereocenters. The van der Waals surface area contributed by atoms with E-state index in [1.165, 1.54) is 25.1 Å². The van der Waals surface area contributed by atoms with E-state index in [2.05, 4.69) is 20.7 Å². The molecule has 2 N–H and O–H groups in total. The SMILES string of the molecule is CCOc1ccc(-n2c(SCC(=O)N/N=C/c3cccc(OC)c3O)nnc2-c2ccccc2)cc1. The van der Waals surface area contributed by atoms with E-state index in [1.54, 1.807) is 18.2 Å². The number of phenols is 1. The van der Waals surface area contributed by atoms with E-state index in [-0.39, 0.29) is 17.4 Å². The molecule has 9 nitrogen and oxygen atoms in total. The molecule has 4 rings (SSSR count). The van der Waals surface area contributed by atoms with Gasteiger partial charge in [0.1, 0.15) is 5.75 Å². The number of hydrogen-bond acceptors (Lipinski definition) is 8. The molecule has 0 fully saturated rings. The average molecular weight is 504 g/mol. The van der Waals surface area contributed by atoms with Crippen LogP contribution in [-0.4, -0.2) is 51.5 Å². The monoisotopic (exact) mass is 503 g/mol. The van der Waals surface area contributed by atoms with Crippen molar-refractivity contribution in [2.45, 2.75) is 12.1 Å². The molecule has 0 spiro atoms. The molecule has 184 valence electrons. The Kier molecular flexibility index (Phi) is 8.20. The van der Waals surface area contributed by atoms with E-state index in [9.17, 15) is 9.90 Å². The minimum atomic E-state index is -0.332. The van der Waals surface area contributed by atoms with Crippen LogP contribution in [0.15, 0.2) is 83.1 Å². The van der Waals surface area contributed by atoms with Crippen LogP contribution < -0.4 is 14.9 Å². The minimum Gasteiger partial charge on any atom is -0.504 e. The van der Waals surface area contributed by atoms with E-state index in [0.29, 0.717) is 28.9 Å². The molecule has 0 aliphatic heterocycles. The molecule has 1 heterocycles. The van der Waals surface area contributed by atoms with Crippen molar-refractivity contribution < 1.29 is 19.4 Å². The molecular weight excluding hydrogens is 478 g/mol. The van der Waals surface area contributed by atoms with Crippen molar-refractivity contribution >= 4 is 23.9 Å². The van der Waals surface area contributed by atoms with E-state index < -0.39 is 0 Å². The van der Waals surface area contributed by atoms with Gasteiger partial charge in [-0.05, 0) is 43.3 Å². The number of aromatic hydroxyl groups is 1. The number of carbonyl (C=O) groups is 1. The smallest absolute Gasteiger partial charge is 0.250 e. The molecule has 10 heteroatoms. The van der Waals surface area contributed by atoms with Crippen molar-refractivity contribution in [3.8, 4) is 34.3 Å². The summed E-state index contributed by atoms with van der Waals surface area (Å²) in [7, 11) is 1.46. The first kappa shape index (κ1) is 24.8. The first-order chi connectivity index (χ1) is 17.6. The highest BCUT2D eigenvalue weighted by Gasteiger charge is 2.17. The summed E-state index contributed by atoms with van der Waals surface area (Å²) in [6, 6.07) is 22.4. The number of nitrogens with one attached hydrogen (secondary N) is 1. The molecule has 0 unspecified atom stereocenters. The van der Waals surface area contributed by atoms with Gasteiger partial charge in [0.05, 0.1) is 25.7 Å². The fourth-order valence-electron chi connectivity index (χ4n) is 3.37. The number of rotatable bonds is 10. The van der Waals surface area contributed by atoms with Gasteiger partial charge in [0, 0.05) is 16.8 Å². The van der Waals surface area contributed by atoms with Crippen LogP contribution in [0.3, 0.4) is 0 Å². The lowest BCUT2D eigenvalue weighted by molar-refractivity contribution is -0.118. The zero-order chi connectivity index (χ0) is 25.3. The molecule has 1 aromatic heterocycles. The highest BCUT2D eigenvalue weighted by molar-refractivity contribution is 7.99. The van der Waals surface area contributed by atoms with Gasteiger partial charge in [-0.25, -0.2) is 5.43 Å². The van der Waals surface area contributed by atoms with E-state index in [0.717, 1.165) is 17.0 Å². The van der Waals surface area contributed by atoms with Crippen LogP contribution in [-0.2, 0) is 4.79 Å². The predicted molar refractivity (Wildman–Crippen MR) is 139 cm³/mol. The minimum absolute atomic E-state index is 0.0516. The van der Waals surface area contributed by atoms with Gasteiger partial charge in [-0.15, -0.1) is 10.2 Å². The molecule has 4 aromatic rings. The summed E-state index contributed by atoms with van der Waals surface area (Å²) >= 11 is 1.24. The van der Waals surface area contributed by atoms with Gasteiger partial charge in [-0.2, -0.15) is 5.10 Å². The number of ether oxygens (including phenoxy) is 2. The second-order valence-corrected chi connectivity index (χ2v) is 8.36. The van der Waals surface area contributed by atoms with Crippen molar-refractivity contribution in [3.63, 3.8) is 0 Å². The second-order valence-electron chi connectivity index (χ2n) is 7.41. The largest absolute Gasteiger partial charge is 0.504 e. The molecule has 1 amide bonds. The van der Waals surface area contributed by atoms with Crippen molar-refractivity contribution in [1.29, 1.82) is 0 Å². The summed E-state index contributed by atoms with van der Waals surface area (Å²) in [6.07, 6.45) is 1.36. The number of benzene rings is 3. The topological polar surface area (TPSA) is 111 Å². The van der Waals surface area contributed by atoms with Gasteiger partial charge in [0.15, 0.2) is 22.5 Å². The standard InChI is InChI=1S/C26H25N5O4S/c1-3-35-21-14-12-20(13-15-21)31-25(18-8-5-4-6-9-18)29-30-26(31)36-17-23(32)28-27-16-19-10-7-11-22(34-2)24(19)33/h4-16,33H,3,17H2,1-2H3,(H,28,32)/b27-16+. The van der Waals surface area contributed by atoms with E-state index >= 15 is 0 Å². The Balaban J connectivity index is 1.50. The van der Waals surface area contributed by atoms with Gasteiger partial charge in [-0.3, -0.25) is 9.36 Å². The maximum absolute atomic E-state index is 12.4. The Labute approximate surface area is 212 Å². The molecule has 0 saturated carbocycles. The lowest BCUT2D eigenvalue weighted by Crippen LogP contribution is -2.20. The van der Waals surface area contributed by atoms with E-state index in [1.807, 2.05) is 66.1 Å². The molecule has 0 saturated heterocycles. The Morgan fingerprint density at radius 1 is 1.08 bits per heavy atom. The molecule has 3 aromatic carbocycles. The lowest BCUT2D eigenvalue weighted by atomic mass is 10.2. The fourth-order valence-corrected chi connectivity index (χ4v) is 4.12. The van der Waals surface area contributed by atoms with Crippen molar-refractivity contribution in [2.75, 3.05) is 19.5 Å². The highest BCUT2D eigenvalue weighted by atomic mass is 32.2. The third kappa shape index (κ3) is 5.84. The molecule has 0 aliphatic carbocycles. The Hall–Kier alpha value is -4.31.